The number of hydrogen-bond acceptors (Lipinski definition) is 4. The van der Waals surface area contributed by atoms with Gasteiger partial charge in [0.25, 0.3) is 5.91 Å². The molecule has 136 valence electrons. The van der Waals surface area contributed by atoms with Crippen LogP contribution >= 0.6 is 0 Å². The van der Waals surface area contributed by atoms with Gasteiger partial charge >= 0.3 is 6.18 Å². The molecule has 1 rings (SSSR count). The third kappa shape index (κ3) is 6.03. The molecule has 0 aliphatic rings. The summed E-state index contributed by atoms with van der Waals surface area (Å²) in [6.07, 6.45) is -4.44. The topological polar surface area (TPSA) is 63.7 Å². The first-order chi connectivity index (χ1) is 11.0. The van der Waals surface area contributed by atoms with Crippen molar-refractivity contribution in [3.63, 3.8) is 0 Å². The normalized spacial score (nSPS) is 13.4. The summed E-state index contributed by atoms with van der Waals surface area (Å²) in [7, 11) is -1.77. The van der Waals surface area contributed by atoms with Crippen LogP contribution in [0, 0.1) is 0 Å². The van der Waals surface area contributed by atoms with Gasteiger partial charge in [0.15, 0.2) is 16.4 Å². The Hall–Kier alpha value is -1.77. The van der Waals surface area contributed by atoms with Crippen LogP contribution < -0.4 is 4.74 Å². The van der Waals surface area contributed by atoms with E-state index in [2.05, 4.69) is 0 Å². The minimum atomic E-state index is -4.44. The molecule has 0 N–H and O–H groups in total. The lowest BCUT2D eigenvalue weighted by Crippen LogP contribution is -2.42. The molecule has 5 nitrogen and oxygen atoms in total. The second-order valence-electron chi connectivity index (χ2n) is 5.36. The van der Waals surface area contributed by atoms with Crippen molar-refractivity contribution in [2.45, 2.75) is 26.1 Å². The van der Waals surface area contributed by atoms with Crippen LogP contribution in [0.15, 0.2) is 24.3 Å². The van der Waals surface area contributed by atoms with Gasteiger partial charge in [0, 0.05) is 18.8 Å². The fraction of sp³-hybridized carbons (Fsp3) is 0.533. The van der Waals surface area contributed by atoms with Gasteiger partial charge in [-0.25, -0.2) is 8.42 Å². The van der Waals surface area contributed by atoms with Crippen molar-refractivity contribution in [2.24, 2.45) is 0 Å². The number of rotatable bonds is 7. The molecule has 0 unspecified atom stereocenters. The van der Waals surface area contributed by atoms with E-state index in [4.69, 9.17) is 4.74 Å². The average molecular weight is 367 g/mol. The van der Waals surface area contributed by atoms with Gasteiger partial charge in [-0.1, -0.05) is 6.92 Å². The lowest BCUT2D eigenvalue weighted by Gasteiger charge is -2.24. The highest BCUT2D eigenvalue weighted by atomic mass is 32.2. The zero-order chi connectivity index (χ0) is 18.5. The zero-order valence-corrected chi connectivity index (χ0v) is 14.4. The predicted octanol–water partition coefficient (Wildman–Crippen LogP) is 2.37. The molecular weight excluding hydrogens is 347 g/mol. The SMILES string of the molecule is CCS(=O)(=O)C[C@H](C)N(C)C(=O)COc1ccc(C(F)(F)F)cc1. The number of carbonyl (C=O) groups excluding carboxylic acids is 1. The molecule has 24 heavy (non-hydrogen) atoms. The molecule has 1 atom stereocenters. The molecule has 0 spiro atoms. The van der Waals surface area contributed by atoms with Crippen LogP contribution in [0.2, 0.25) is 0 Å². The van der Waals surface area contributed by atoms with Gasteiger partial charge in [-0.3, -0.25) is 4.79 Å². The number of hydrogen-bond donors (Lipinski definition) is 0. The van der Waals surface area contributed by atoms with Crippen LogP contribution in [0.25, 0.3) is 0 Å². The second-order valence-corrected chi connectivity index (χ2v) is 7.76. The summed E-state index contributed by atoms with van der Waals surface area (Å²) in [5.74, 6) is -0.514. The second kappa shape index (κ2) is 7.87. The lowest BCUT2D eigenvalue weighted by atomic mass is 10.2. The summed E-state index contributed by atoms with van der Waals surface area (Å²) in [6, 6.07) is 3.45. The molecule has 0 fully saturated rings. The maximum absolute atomic E-state index is 12.4. The average Bonchev–Trinajstić information content (AvgIpc) is 2.51. The van der Waals surface area contributed by atoms with Gasteiger partial charge in [0.1, 0.15) is 5.75 Å². The maximum atomic E-state index is 12.4. The van der Waals surface area contributed by atoms with E-state index in [1.54, 1.807) is 6.92 Å². The van der Waals surface area contributed by atoms with Crippen LogP contribution in [0.3, 0.4) is 0 Å². The molecule has 1 aromatic rings. The van der Waals surface area contributed by atoms with Gasteiger partial charge in [-0.2, -0.15) is 13.2 Å². The zero-order valence-electron chi connectivity index (χ0n) is 13.6. The van der Waals surface area contributed by atoms with Crippen molar-refractivity contribution >= 4 is 15.7 Å². The number of carbonyl (C=O) groups is 1. The smallest absolute Gasteiger partial charge is 0.416 e. The third-order valence-corrected chi connectivity index (χ3v) is 5.40. The van der Waals surface area contributed by atoms with Gasteiger partial charge in [0.05, 0.1) is 11.3 Å². The standard InChI is InChI=1S/C15H20F3NO4S/c1-4-24(21,22)10-11(2)19(3)14(20)9-23-13-7-5-12(6-8-13)15(16,17)18/h5-8,11H,4,9-10H2,1-3H3/t11-/m0/s1. The van der Waals surface area contributed by atoms with E-state index in [1.165, 1.54) is 18.9 Å². The summed E-state index contributed by atoms with van der Waals surface area (Å²) in [4.78, 5) is 13.2. The molecule has 0 radical (unpaired) electrons. The molecule has 0 aromatic heterocycles. The minimum Gasteiger partial charge on any atom is -0.484 e. The van der Waals surface area contributed by atoms with E-state index >= 15 is 0 Å². The van der Waals surface area contributed by atoms with E-state index in [9.17, 15) is 26.4 Å². The number of ether oxygens (including phenoxy) is 1. The molecule has 0 saturated carbocycles. The molecule has 1 amide bonds. The lowest BCUT2D eigenvalue weighted by molar-refractivity contribution is -0.137. The quantitative estimate of drug-likeness (QED) is 0.742. The van der Waals surface area contributed by atoms with Crippen LogP contribution in [-0.4, -0.2) is 50.4 Å². The summed E-state index contributed by atoms with van der Waals surface area (Å²) >= 11 is 0. The predicted molar refractivity (Wildman–Crippen MR) is 83.5 cm³/mol. The van der Waals surface area contributed by atoms with Crippen LogP contribution in [-0.2, 0) is 20.8 Å². The van der Waals surface area contributed by atoms with Crippen molar-refractivity contribution in [1.82, 2.24) is 4.90 Å². The van der Waals surface area contributed by atoms with E-state index in [0.717, 1.165) is 24.3 Å². The molecular formula is C15H20F3NO4S. The third-order valence-electron chi connectivity index (χ3n) is 3.53. The Labute approximate surface area is 139 Å². The number of halogens is 3. The Morgan fingerprint density at radius 3 is 2.25 bits per heavy atom. The largest absolute Gasteiger partial charge is 0.484 e. The van der Waals surface area contributed by atoms with Gasteiger partial charge in [-0.05, 0) is 31.2 Å². The maximum Gasteiger partial charge on any atom is 0.416 e. The van der Waals surface area contributed by atoms with E-state index < -0.39 is 40.1 Å². The first-order valence-electron chi connectivity index (χ1n) is 7.22. The van der Waals surface area contributed by atoms with Crippen molar-refractivity contribution in [1.29, 1.82) is 0 Å². The van der Waals surface area contributed by atoms with Crippen LogP contribution in [0.1, 0.15) is 19.4 Å². The first kappa shape index (κ1) is 20.3. The summed E-state index contributed by atoms with van der Waals surface area (Å²) in [6.45, 7) is 2.74. The minimum absolute atomic E-state index is 0.0125. The molecule has 0 heterocycles. The van der Waals surface area contributed by atoms with Crippen LogP contribution in [0.4, 0.5) is 13.2 Å². The number of nitrogens with zero attached hydrogens (tertiary/aromatic N) is 1. The van der Waals surface area contributed by atoms with Crippen molar-refractivity contribution in [3.8, 4) is 5.75 Å². The summed E-state index contributed by atoms with van der Waals surface area (Å²) < 4.78 is 65.6. The van der Waals surface area contributed by atoms with Gasteiger partial charge in [0.2, 0.25) is 0 Å². The Morgan fingerprint density at radius 1 is 1.25 bits per heavy atom. The van der Waals surface area contributed by atoms with E-state index in [-0.39, 0.29) is 17.3 Å². The highest BCUT2D eigenvalue weighted by Gasteiger charge is 2.30. The molecule has 0 aliphatic carbocycles. The van der Waals surface area contributed by atoms with Crippen LogP contribution in [0.5, 0.6) is 5.75 Å². The van der Waals surface area contributed by atoms with Gasteiger partial charge in [-0.15, -0.1) is 0 Å². The molecule has 1 aromatic carbocycles. The molecule has 0 saturated heterocycles. The Kier molecular flexibility index (Phi) is 6.65. The summed E-state index contributed by atoms with van der Waals surface area (Å²) in [5.41, 5.74) is -0.809. The number of amides is 1. The molecule has 9 heteroatoms. The number of benzene rings is 1. The Bertz CT molecular complexity index is 656. The van der Waals surface area contributed by atoms with Crippen molar-refractivity contribution in [3.05, 3.63) is 29.8 Å². The molecule has 0 aliphatic heterocycles. The number of alkyl halides is 3. The van der Waals surface area contributed by atoms with Crippen molar-refractivity contribution < 1.29 is 31.1 Å². The Morgan fingerprint density at radius 2 is 1.79 bits per heavy atom. The Balaban J connectivity index is 2.59. The summed E-state index contributed by atoms with van der Waals surface area (Å²) in [5, 5.41) is 0. The first-order valence-corrected chi connectivity index (χ1v) is 9.04. The highest BCUT2D eigenvalue weighted by Crippen LogP contribution is 2.30. The number of sulfone groups is 1. The van der Waals surface area contributed by atoms with Gasteiger partial charge < -0.3 is 9.64 Å². The monoisotopic (exact) mass is 367 g/mol. The highest BCUT2D eigenvalue weighted by molar-refractivity contribution is 7.91. The van der Waals surface area contributed by atoms with E-state index in [0.29, 0.717) is 0 Å². The van der Waals surface area contributed by atoms with Crippen molar-refractivity contribution in [2.75, 3.05) is 25.2 Å². The number of likely N-dealkylation sites (N-methyl/N-ethyl adjacent to an activating group) is 1. The van der Waals surface area contributed by atoms with E-state index in [1.807, 2.05) is 0 Å². The fourth-order valence-electron chi connectivity index (χ4n) is 1.83. The molecule has 0 bridgehead atoms. The fourth-order valence-corrected chi connectivity index (χ4v) is 3.02.